The molecule has 2 nitrogen and oxygen atoms in total. The number of allylic oxidation sites excluding steroid dienone is 3. The molecule has 0 aromatic heterocycles. The molecule has 0 spiro atoms. The van der Waals surface area contributed by atoms with E-state index in [1.54, 1.807) is 0 Å². The van der Waals surface area contributed by atoms with E-state index >= 15 is 0 Å². The van der Waals surface area contributed by atoms with Gasteiger partial charge in [0.1, 0.15) is 8.07 Å². The van der Waals surface area contributed by atoms with E-state index < -0.39 is 8.07 Å². The van der Waals surface area contributed by atoms with Crippen LogP contribution in [-0.4, -0.2) is 26.4 Å². The number of unbranched alkanes of at least 4 members (excludes halogenated alkanes) is 6. The van der Waals surface area contributed by atoms with E-state index in [-0.39, 0.29) is 18.3 Å². The van der Waals surface area contributed by atoms with Gasteiger partial charge in [-0.25, -0.2) is 0 Å². The van der Waals surface area contributed by atoms with E-state index in [9.17, 15) is 0 Å². The molecule has 1 aromatic rings. The highest BCUT2D eigenvalue weighted by Crippen LogP contribution is 2.37. The summed E-state index contributed by atoms with van der Waals surface area (Å²) in [4.78, 5) is 0. The van der Waals surface area contributed by atoms with Crippen molar-refractivity contribution >= 4 is 20.4 Å². The van der Waals surface area contributed by atoms with Crippen molar-refractivity contribution in [1.29, 1.82) is 0 Å². The van der Waals surface area contributed by atoms with Gasteiger partial charge >= 0.3 is 7.12 Å². The molecule has 1 aliphatic rings. The van der Waals surface area contributed by atoms with Crippen LogP contribution in [0.4, 0.5) is 0 Å². The minimum atomic E-state index is -1.84. The van der Waals surface area contributed by atoms with Crippen molar-refractivity contribution in [1.82, 2.24) is 0 Å². The summed E-state index contributed by atoms with van der Waals surface area (Å²) in [6, 6.07) is 10.9. The summed E-state index contributed by atoms with van der Waals surface area (Å²) >= 11 is 0. The summed E-state index contributed by atoms with van der Waals surface area (Å²) in [7, 11) is -2.13. The topological polar surface area (TPSA) is 18.5 Å². The lowest BCUT2D eigenvalue weighted by atomic mass is 9.90. The Kier molecular flexibility index (Phi) is 9.20. The van der Waals surface area contributed by atoms with Crippen LogP contribution < -0.4 is 5.19 Å². The van der Waals surface area contributed by atoms with Gasteiger partial charge in [-0.1, -0.05) is 111 Å². The second-order valence-electron chi connectivity index (χ2n) is 10.2. The molecule has 30 heavy (non-hydrogen) atoms. The summed E-state index contributed by atoms with van der Waals surface area (Å²) in [5.41, 5.74) is -0.611. The van der Waals surface area contributed by atoms with Crippen molar-refractivity contribution in [2.24, 2.45) is 0 Å². The van der Waals surface area contributed by atoms with E-state index in [4.69, 9.17) is 9.31 Å². The first-order valence-electron chi connectivity index (χ1n) is 11.9. The molecule has 1 saturated heterocycles. The van der Waals surface area contributed by atoms with Crippen molar-refractivity contribution in [2.75, 3.05) is 0 Å². The lowest BCUT2D eigenvalue weighted by Gasteiger charge is -2.32. The van der Waals surface area contributed by atoms with Crippen molar-refractivity contribution in [3.8, 4) is 0 Å². The standard InChI is InChI=1S/C26H43BO2Si/c1-8-9-10-11-12-13-14-16-21-24(30(6,7)23-19-17-15-18-20-23)22-27-28-25(2,3)26(4,5)29-27/h15-22H,8-14H2,1-7H3/b21-16+,24-22-. The van der Waals surface area contributed by atoms with Gasteiger partial charge in [0.25, 0.3) is 0 Å². The Hall–Kier alpha value is -1.10. The fraction of sp³-hybridized carbons (Fsp3) is 0.615. The number of rotatable bonds is 11. The highest BCUT2D eigenvalue weighted by molar-refractivity contribution is 6.96. The SMILES string of the molecule is CCCCCCCC/C=C/C(=C/B1OC(C)(C)C(C)(C)O1)[Si](C)(C)c1ccccc1. The fourth-order valence-corrected chi connectivity index (χ4v) is 6.30. The molecule has 0 atom stereocenters. The van der Waals surface area contributed by atoms with Gasteiger partial charge in [0.15, 0.2) is 0 Å². The first kappa shape index (κ1) is 25.2. The van der Waals surface area contributed by atoms with E-state index in [0.29, 0.717) is 0 Å². The predicted octanol–water partition coefficient (Wildman–Crippen LogP) is 7.01. The third-order valence-corrected chi connectivity index (χ3v) is 10.4. The summed E-state index contributed by atoms with van der Waals surface area (Å²) in [5, 5.41) is 2.83. The molecule has 1 heterocycles. The second-order valence-corrected chi connectivity index (χ2v) is 14.6. The molecule has 1 fully saturated rings. The largest absolute Gasteiger partial charge is 0.486 e. The smallest absolute Gasteiger partial charge is 0.400 e. The number of benzene rings is 1. The van der Waals surface area contributed by atoms with Gasteiger partial charge in [-0.3, -0.25) is 0 Å². The molecule has 1 aromatic carbocycles. The Morgan fingerprint density at radius 2 is 1.47 bits per heavy atom. The third kappa shape index (κ3) is 6.70. The van der Waals surface area contributed by atoms with Crippen molar-refractivity contribution in [3.63, 3.8) is 0 Å². The van der Waals surface area contributed by atoms with Crippen LogP contribution in [0.2, 0.25) is 13.1 Å². The molecule has 166 valence electrons. The Bertz CT molecular complexity index is 691. The molecule has 0 aliphatic carbocycles. The molecule has 1 aliphatic heterocycles. The summed E-state index contributed by atoms with van der Waals surface area (Å²) < 4.78 is 12.6. The number of hydrogen-bond acceptors (Lipinski definition) is 2. The Morgan fingerprint density at radius 1 is 0.900 bits per heavy atom. The quantitative estimate of drug-likeness (QED) is 0.215. The predicted molar refractivity (Wildman–Crippen MR) is 135 cm³/mol. The highest BCUT2D eigenvalue weighted by Gasteiger charge is 2.50. The molecular weight excluding hydrogens is 383 g/mol. The van der Waals surface area contributed by atoms with Crippen LogP contribution in [0, 0.1) is 0 Å². The van der Waals surface area contributed by atoms with Crippen LogP contribution >= 0.6 is 0 Å². The minimum absolute atomic E-state index is 0.292. The maximum Gasteiger partial charge on any atom is 0.486 e. The normalized spacial score (nSPS) is 19.0. The van der Waals surface area contributed by atoms with Gasteiger partial charge in [-0.05, 0) is 40.5 Å². The van der Waals surface area contributed by atoms with E-state index in [1.807, 2.05) is 0 Å². The van der Waals surface area contributed by atoms with Crippen molar-refractivity contribution in [3.05, 3.63) is 53.7 Å². The first-order valence-corrected chi connectivity index (χ1v) is 14.9. The second kappa shape index (κ2) is 11.0. The first-order chi connectivity index (χ1) is 14.1. The maximum atomic E-state index is 6.30. The van der Waals surface area contributed by atoms with Gasteiger partial charge < -0.3 is 9.31 Å². The van der Waals surface area contributed by atoms with Crippen LogP contribution in [0.1, 0.15) is 79.6 Å². The zero-order valence-corrected chi connectivity index (χ0v) is 21.5. The van der Waals surface area contributed by atoms with E-state index in [1.165, 1.54) is 48.9 Å². The van der Waals surface area contributed by atoms with E-state index in [2.05, 4.69) is 96.2 Å². The van der Waals surface area contributed by atoms with Crippen LogP contribution in [0.5, 0.6) is 0 Å². The third-order valence-electron chi connectivity index (χ3n) is 6.83. The molecule has 0 radical (unpaired) electrons. The lowest BCUT2D eigenvalue weighted by Crippen LogP contribution is -2.44. The highest BCUT2D eigenvalue weighted by atomic mass is 28.3. The van der Waals surface area contributed by atoms with Gasteiger partial charge in [0.05, 0.1) is 11.2 Å². The van der Waals surface area contributed by atoms with Crippen LogP contribution in [0.3, 0.4) is 0 Å². The van der Waals surface area contributed by atoms with Crippen LogP contribution in [0.15, 0.2) is 53.7 Å². The van der Waals surface area contributed by atoms with Gasteiger partial charge in [-0.15, -0.1) is 0 Å². The van der Waals surface area contributed by atoms with Crippen LogP contribution in [0.25, 0.3) is 0 Å². The molecular formula is C26H43BO2Si. The van der Waals surface area contributed by atoms with Gasteiger partial charge in [0.2, 0.25) is 0 Å². The Balaban J connectivity index is 2.14. The summed E-state index contributed by atoms with van der Waals surface area (Å²) in [6.07, 6.45) is 13.9. The van der Waals surface area contributed by atoms with E-state index in [0.717, 1.165) is 6.42 Å². The minimum Gasteiger partial charge on any atom is -0.400 e. The summed E-state index contributed by atoms with van der Waals surface area (Å²) in [6.45, 7) is 15.6. The molecule has 2 rings (SSSR count). The lowest BCUT2D eigenvalue weighted by molar-refractivity contribution is 0.00578. The van der Waals surface area contributed by atoms with Gasteiger partial charge in [0, 0.05) is 0 Å². The average Bonchev–Trinajstić information content (AvgIpc) is 2.89. The zero-order chi connectivity index (χ0) is 22.3. The van der Waals surface area contributed by atoms with Crippen molar-refractivity contribution in [2.45, 2.75) is 104 Å². The van der Waals surface area contributed by atoms with Gasteiger partial charge in [-0.2, -0.15) is 0 Å². The van der Waals surface area contributed by atoms with Crippen molar-refractivity contribution < 1.29 is 9.31 Å². The summed E-state index contributed by atoms with van der Waals surface area (Å²) in [5.74, 6) is 2.24. The molecule has 0 bridgehead atoms. The molecule has 0 saturated carbocycles. The molecule has 0 unspecified atom stereocenters. The molecule has 0 amide bonds. The fourth-order valence-electron chi connectivity index (χ4n) is 3.85. The average molecular weight is 427 g/mol. The molecule has 4 heteroatoms. The zero-order valence-electron chi connectivity index (χ0n) is 20.5. The Labute approximate surface area is 187 Å². The maximum absolute atomic E-state index is 6.30. The van der Waals surface area contributed by atoms with Crippen LogP contribution in [-0.2, 0) is 9.31 Å². The monoisotopic (exact) mass is 426 g/mol. The number of hydrogen-bond donors (Lipinski definition) is 0. The Morgan fingerprint density at radius 3 is 2.07 bits per heavy atom. The molecule has 0 N–H and O–H groups in total.